The summed E-state index contributed by atoms with van der Waals surface area (Å²) >= 11 is 0. The van der Waals surface area contributed by atoms with Crippen LogP contribution in [0.5, 0.6) is 0 Å². The van der Waals surface area contributed by atoms with Gasteiger partial charge in [-0.3, -0.25) is 0 Å². The molecule has 0 spiro atoms. The summed E-state index contributed by atoms with van der Waals surface area (Å²) in [6, 6.07) is 0. The molecule has 0 rings (SSSR count). The van der Waals surface area contributed by atoms with Crippen molar-refractivity contribution in [1.29, 1.82) is 0 Å². The average molecular weight is 198 g/mol. The third kappa shape index (κ3) is 6.17. The Morgan fingerprint density at radius 1 is 1.43 bits per heavy atom. The smallest absolute Gasteiger partial charge is 0.00211 e. The monoisotopic (exact) mass is 198 g/mol. The molecular formula is C12H26N2. The molecule has 0 fully saturated rings. The number of allylic oxidation sites excluding steroid dienone is 1. The van der Waals surface area contributed by atoms with Crippen molar-refractivity contribution in [1.82, 2.24) is 4.90 Å². The summed E-state index contributed by atoms with van der Waals surface area (Å²) in [5.74, 6) is 1.31. The van der Waals surface area contributed by atoms with E-state index in [0.717, 1.165) is 26.1 Å². The van der Waals surface area contributed by atoms with Gasteiger partial charge in [-0.05, 0) is 44.8 Å². The molecule has 0 heterocycles. The van der Waals surface area contributed by atoms with E-state index >= 15 is 0 Å². The third-order valence-electron chi connectivity index (χ3n) is 2.74. The van der Waals surface area contributed by atoms with Crippen LogP contribution >= 0.6 is 0 Å². The third-order valence-corrected chi connectivity index (χ3v) is 2.74. The van der Waals surface area contributed by atoms with Gasteiger partial charge in [-0.25, -0.2) is 0 Å². The molecule has 2 N–H and O–H groups in total. The number of hydrogen-bond donors (Lipinski definition) is 1. The Balaban J connectivity index is 3.67. The van der Waals surface area contributed by atoms with E-state index in [2.05, 4.69) is 32.4 Å². The Hall–Kier alpha value is -0.340. The number of unbranched alkanes of at least 4 members (excludes halogenated alkanes) is 1. The topological polar surface area (TPSA) is 29.3 Å². The van der Waals surface area contributed by atoms with Crippen LogP contribution in [-0.2, 0) is 0 Å². The molecule has 84 valence electrons. The van der Waals surface area contributed by atoms with Crippen molar-refractivity contribution in [2.45, 2.75) is 26.7 Å². The van der Waals surface area contributed by atoms with Crippen molar-refractivity contribution in [2.24, 2.45) is 17.6 Å². The maximum Gasteiger partial charge on any atom is 0.00211 e. The Morgan fingerprint density at radius 2 is 2.07 bits per heavy atom. The van der Waals surface area contributed by atoms with Crippen LogP contribution in [0.3, 0.4) is 0 Å². The molecule has 0 amide bonds. The summed E-state index contributed by atoms with van der Waals surface area (Å²) in [4.78, 5) is 2.38. The second-order valence-corrected chi connectivity index (χ2v) is 4.43. The molecule has 0 bridgehead atoms. The van der Waals surface area contributed by atoms with Crippen LogP contribution in [0.4, 0.5) is 0 Å². The van der Waals surface area contributed by atoms with Crippen molar-refractivity contribution >= 4 is 0 Å². The number of nitrogens with zero attached hydrogens (tertiary/aromatic N) is 1. The zero-order valence-electron chi connectivity index (χ0n) is 10.00. The van der Waals surface area contributed by atoms with Crippen LogP contribution < -0.4 is 5.73 Å². The van der Waals surface area contributed by atoms with Crippen LogP contribution in [0.2, 0.25) is 0 Å². The van der Waals surface area contributed by atoms with Gasteiger partial charge in [0.25, 0.3) is 0 Å². The highest BCUT2D eigenvalue weighted by molar-refractivity contribution is 4.70. The normalized spacial score (nSPS) is 13.6. The van der Waals surface area contributed by atoms with Crippen LogP contribution in [-0.4, -0.2) is 31.6 Å². The van der Waals surface area contributed by atoms with Crippen molar-refractivity contribution in [3.05, 3.63) is 12.7 Å². The number of hydrogen-bond acceptors (Lipinski definition) is 2. The summed E-state index contributed by atoms with van der Waals surface area (Å²) in [5, 5.41) is 0. The van der Waals surface area contributed by atoms with E-state index in [4.69, 9.17) is 5.73 Å². The van der Waals surface area contributed by atoms with E-state index in [-0.39, 0.29) is 0 Å². The van der Waals surface area contributed by atoms with Crippen molar-refractivity contribution < 1.29 is 0 Å². The first-order valence-corrected chi connectivity index (χ1v) is 5.61. The summed E-state index contributed by atoms with van der Waals surface area (Å²) in [6.45, 7) is 11.3. The van der Waals surface area contributed by atoms with Crippen LogP contribution in [0.1, 0.15) is 26.7 Å². The van der Waals surface area contributed by atoms with E-state index in [1.807, 2.05) is 6.08 Å². The van der Waals surface area contributed by atoms with Gasteiger partial charge in [-0.15, -0.1) is 6.58 Å². The average Bonchev–Trinajstić information content (AvgIpc) is 2.14. The van der Waals surface area contributed by atoms with Crippen molar-refractivity contribution in [3.8, 4) is 0 Å². The Bertz CT molecular complexity index is 143. The van der Waals surface area contributed by atoms with Crippen molar-refractivity contribution in [2.75, 3.05) is 26.7 Å². The minimum Gasteiger partial charge on any atom is -0.330 e. The maximum absolute atomic E-state index is 5.73. The minimum atomic E-state index is 0.628. The van der Waals surface area contributed by atoms with E-state index < -0.39 is 0 Å². The van der Waals surface area contributed by atoms with Gasteiger partial charge in [-0.2, -0.15) is 0 Å². The second kappa shape index (κ2) is 8.01. The van der Waals surface area contributed by atoms with E-state index in [0.29, 0.717) is 11.8 Å². The lowest BCUT2D eigenvalue weighted by Crippen LogP contribution is -2.33. The molecule has 0 aromatic heterocycles. The van der Waals surface area contributed by atoms with Gasteiger partial charge in [0.05, 0.1) is 0 Å². The molecule has 2 heteroatoms. The second-order valence-electron chi connectivity index (χ2n) is 4.43. The maximum atomic E-state index is 5.73. The van der Waals surface area contributed by atoms with E-state index in [9.17, 15) is 0 Å². The quantitative estimate of drug-likeness (QED) is 0.478. The Kier molecular flexibility index (Phi) is 7.81. The lowest BCUT2D eigenvalue weighted by molar-refractivity contribution is 0.239. The standard InChI is InChI=1S/C12H26N2/c1-5-6-7-8-14(4)10-12(9-13)11(2)3/h5,11-12H,1,6-10,13H2,2-4H3. The largest absolute Gasteiger partial charge is 0.330 e. The van der Waals surface area contributed by atoms with Crippen LogP contribution in [0.15, 0.2) is 12.7 Å². The van der Waals surface area contributed by atoms with Gasteiger partial charge in [0.2, 0.25) is 0 Å². The van der Waals surface area contributed by atoms with Gasteiger partial charge in [-0.1, -0.05) is 19.9 Å². The first-order chi connectivity index (χ1) is 6.61. The molecule has 14 heavy (non-hydrogen) atoms. The van der Waals surface area contributed by atoms with E-state index in [1.165, 1.54) is 6.42 Å². The van der Waals surface area contributed by atoms with Gasteiger partial charge < -0.3 is 10.6 Å². The molecule has 0 aliphatic carbocycles. The van der Waals surface area contributed by atoms with Crippen molar-refractivity contribution in [3.63, 3.8) is 0 Å². The van der Waals surface area contributed by atoms with Gasteiger partial charge in [0.15, 0.2) is 0 Å². The Morgan fingerprint density at radius 3 is 2.50 bits per heavy atom. The summed E-state index contributed by atoms with van der Waals surface area (Å²) in [5.41, 5.74) is 5.73. The molecule has 0 aliphatic rings. The predicted molar refractivity (Wildman–Crippen MR) is 64.3 cm³/mol. The molecule has 0 aromatic carbocycles. The lowest BCUT2D eigenvalue weighted by Gasteiger charge is -2.25. The first-order valence-electron chi connectivity index (χ1n) is 5.61. The molecule has 0 radical (unpaired) electrons. The first kappa shape index (κ1) is 13.7. The summed E-state index contributed by atoms with van der Waals surface area (Å²) in [6.07, 6.45) is 4.30. The lowest BCUT2D eigenvalue weighted by atomic mass is 9.95. The summed E-state index contributed by atoms with van der Waals surface area (Å²) < 4.78 is 0. The zero-order valence-corrected chi connectivity index (χ0v) is 10.00. The molecule has 1 unspecified atom stereocenters. The highest BCUT2D eigenvalue weighted by Crippen LogP contribution is 2.10. The molecule has 0 saturated carbocycles. The molecular weight excluding hydrogens is 172 g/mol. The summed E-state index contributed by atoms with van der Waals surface area (Å²) in [7, 11) is 2.17. The predicted octanol–water partition coefficient (Wildman–Crippen LogP) is 2.12. The number of nitrogens with two attached hydrogens (primary N) is 1. The number of rotatable bonds is 8. The molecule has 0 aliphatic heterocycles. The molecule has 2 nitrogen and oxygen atoms in total. The van der Waals surface area contributed by atoms with Gasteiger partial charge in [0, 0.05) is 6.54 Å². The fraction of sp³-hybridized carbons (Fsp3) is 0.833. The van der Waals surface area contributed by atoms with Crippen LogP contribution in [0.25, 0.3) is 0 Å². The molecule has 0 aromatic rings. The fourth-order valence-electron chi connectivity index (χ4n) is 1.55. The SMILES string of the molecule is C=CCCCN(C)CC(CN)C(C)C. The van der Waals surface area contributed by atoms with Crippen LogP contribution in [0, 0.1) is 11.8 Å². The Labute approximate surface area is 89.2 Å². The molecule has 0 saturated heterocycles. The minimum absolute atomic E-state index is 0.628. The highest BCUT2D eigenvalue weighted by atomic mass is 15.1. The van der Waals surface area contributed by atoms with Gasteiger partial charge >= 0.3 is 0 Å². The van der Waals surface area contributed by atoms with E-state index in [1.54, 1.807) is 0 Å². The van der Waals surface area contributed by atoms with Gasteiger partial charge in [0.1, 0.15) is 0 Å². The highest BCUT2D eigenvalue weighted by Gasteiger charge is 2.13. The fourth-order valence-corrected chi connectivity index (χ4v) is 1.55. The molecule has 1 atom stereocenters. The zero-order chi connectivity index (χ0) is 11.0.